The van der Waals surface area contributed by atoms with E-state index < -0.39 is 0 Å². The Labute approximate surface area is 159 Å². The van der Waals surface area contributed by atoms with Gasteiger partial charge in [-0.05, 0) is 54.3 Å². The van der Waals surface area contributed by atoms with Crippen molar-refractivity contribution in [3.8, 4) is 11.8 Å². The number of hydrogen-bond donors (Lipinski definition) is 1. The standard InChI is InChI=1S/C23H22N2O2/c24-14-17-4-1-6-19(12-17)16-27-20-7-2-5-18(13-20)15-25-22-8-3-9-23-21(22)10-11-26-23/h1-2,4-7,10-13,22,25H,3,8-9,15-16H2. The summed E-state index contributed by atoms with van der Waals surface area (Å²) in [6, 6.07) is 20.3. The molecule has 1 aliphatic carbocycles. The fourth-order valence-electron chi connectivity index (χ4n) is 3.58. The fraction of sp³-hybridized carbons (Fsp3) is 0.261. The van der Waals surface area contributed by atoms with Crippen molar-refractivity contribution >= 4 is 0 Å². The number of aryl methyl sites for hydroxylation is 1. The van der Waals surface area contributed by atoms with Gasteiger partial charge in [-0.1, -0.05) is 24.3 Å². The maximum Gasteiger partial charge on any atom is 0.120 e. The number of furan rings is 1. The molecule has 1 unspecified atom stereocenters. The summed E-state index contributed by atoms with van der Waals surface area (Å²) in [7, 11) is 0. The highest BCUT2D eigenvalue weighted by Gasteiger charge is 2.21. The van der Waals surface area contributed by atoms with Crippen LogP contribution in [0.3, 0.4) is 0 Å². The van der Waals surface area contributed by atoms with Crippen molar-refractivity contribution in [2.75, 3.05) is 0 Å². The minimum Gasteiger partial charge on any atom is -0.489 e. The lowest BCUT2D eigenvalue weighted by molar-refractivity contribution is 0.305. The first kappa shape index (κ1) is 17.4. The van der Waals surface area contributed by atoms with Crippen LogP contribution in [0.15, 0.2) is 65.3 Å². The fourth-order valence-corrected chi connectivity index (χ4v) is 3.58. The van der Waals surface area contributed by atoms with Gasteiger partial charge >= 0.3 is 0 Å². The molecule has 1 aromatic heterocycles. The van der Waals surface area contributed by atoms with Gasteiger partial charge in [0.2, 0.25) is 0 Å². The number of nitrogens with one attached hydrogen (secondary N) is 1. The molecule has 0 spiro atoms. The predicted molar refractivity (Wildman–Crippen MR) is 103 cm³/mol. The number of hydrogen-bond acceptors (Lipinski definition) is 4. The Morgan fingerprint density at radius 3 is 2.93 bits per heavy atom. The maximum atomic E-state index is 8.99. The van der Waals surface area contributed by atoms with E-state index in [1.165, 1.54) is 11.1 Å². The summed E-state index contributed by atoms with van der Waals surface area (Å²) in [5.41, 5.74) is 4.13. The highest BCUT2D eigenvalue weighted by atomic mass is 16.5. The summed E-state index contributed by atoms with van der Waals surface area (Å²) in [6.45, 7) is 1.24. The van der Waals surface area contributed by atoms with Crippen LogP contribution in [0, 0.1) is 11.3 Å². The molecular weight excluding hydrogens is 336 g/mol. The van der Waals surface area contributed by atoms with Crippen LogP contribution < -0.4 is 10.1 Å². The lowest BCUT2D eigenvalue weighted by Crippen LogP contribution is -2.24. The predicted octanol–water partition coefficient (Wildman–Crippen LogP) is 4.90. The smallest absolute Gasteiger partial charge is 0.120 e. The van der Waals surface area contributed by atoms with Crippen molar-refractivity contribution in [2.45, 2.75) is 38.5 Å². The van der Waals surface area contributed by atoms with E-state index in [4.69, 9.17) is 14.4 Å². The third kappa shape index (κ3) is 4.21. The van der Waals surface area contributed by atoms with Crippen LogP contribution in [-0.2, 0) is 19.6 Å². The third-order valence-corrected chi connectivity index (χ3v) is 4.96. The monoisotopic (exact) mass is 358 g/mol. The number of ether oxygens (including phenoxy) is 1. The molecule has 0 radical (unpaired) electrons. The second-order valence-corrected chi connectivity index (χ2v) is 6.87. The van der Waals surface area contributed by atoms with E-state index in [0.717, 1.165) is 42.9 Å². The van der Waals surface area contributed by atoms with Gasteiger partial charge in [-0.15, -0.1) is 0 Å². The lowest BCUT2D eigenvalue weighted by atomic mass is 9.93. The highest BCUT2D eigenvalue weighted by Crippen LogP contribution is 2.30. The van der Waals surface area contributed by atoms with Gasteiger partial charge in [-0.2, -0.15) is 5.26 Å². The van der Waals surface area contributed by atoms with E-state index in [1.807, 2.05) is 30.3 Å². The molecule has 0 amide bonds. The van der Waals surface area contributed by atoms with Crippen molar-refractivity contribution in [2.24, 2.45) is 0 Å². The number of fused-ring (bicyclic) bond motifs is 1. The first-order valence-corrected chi connectivity index (χ1v) is 9.32. The normalized spacial score (nSPS) is 15.7. The Morgan fingerprint density at radius 1 is 1.11 bits per heavy atom. The average Bonchev–Trinajstić information content (AvgIpc) is 3.21. The van der Waals surface area contributed by atoms with Crippen molar-refractivity contribution < 1.29 is 9.15 Å². The molecule has 1 N–H and O–H groups in total. The Bertz CT molecular complexity index is 955. The van der Waals surface area contributed by atoms with Gasteiger partial charge < -0.3 is 14.5 Å². The maximum absolute atomic E-state index is 8.99. The molecule has 0 fully saturated rings. The van der Waals surface area contributed by atoms with Crippen LogP contribution in [0.1, 0.15) is 46.9 Å². The van der Waals surface area contributed by atoms with Crippen LogP contribution >= 0.6 is 0 Å². The lowest BCUT2D eigenvalue weighted by Gasteiger charge is -2.23. The molecular formula is C23H22N2O2. The van der Waals surface area contributed by atoms with Gasteiger partial charge in [0.25, 0.3) is 0 Å². The Balaban J connectivity index is 1.36. The van der Waals surface area contributed by atoms with Gasteiger partial charge in [0.1, 0.15) is 18.1 Å². The molecule has 4 rings (SSSR count). The van der Waals surface area contributed by atoms with Gasteiger partial charge in [-0.3, -0.25) is 0 Å². The van der Waals surface area contributed by atoms with E-state index in [-0.39, 0.29) is 0 Å². The molecule has 27 heavy (non-hydrogen) atoms. The SMILES string of the molecule is N#Cc1cccc(COc2cccc(CNC3CCCc4occc43)c2)c1. The third-order valence-electron chi connectivity index (χ3n) is 4.96. The number of rotatable bonds is 6. The van der Waals surface area contributed by atoms with Crippen LogP contribution in [0.5, 0.6) is 5.75 Å². The van der Waals surface area contributed by atoms with E-state index in [0.29, 0.717) is 18.2 Å². The average molecular weight is 358 g/mol. The molecule has 0 aliphatic heterocycles. The topological polar surface area (TPSA) is 58.2 Å². The van der Waals surface area contributed by atoms with E-state index in [2.05, 4.69) is 29.6 Å². The van der Waals surface area contributed by atoms with Crippen LogP contribution in [-0.4, -0.2) is 0 Å². The molecule has 3 aromatic rings. The van der Waals surface area contributed by atoms with E-state index in [9.17, 15) is 0 Å². The highest BCUT2D eigenvalue weighted by molar-refractivity contribution is 5.33. The molecule has 4 nitrogen and oxygen atoms in total. The second-order valence-electron chi connectivity index (χ2n) is 6.87. The molecule has 4 heteroatoms. The van der Waals surface area contributed by atoms with Gasteiger partial charge in [0.15, 0.2) is 0 Å². The molecule has 1 atom stereocenters. The van der Waals surface area contributed by atoms with Gasteiger partial charge in [-0.25, -0.2) is 0 Å². The Morgan fingerprint density at radius 2 is 2.00 bits per heavy atom. The molecule has 0 saturated carbocycles. The van der Waals surface area contributed by atoms with E-state index >= 15 is 0 Å². The largest absolute Gasteiger partial charge is 0.489 e. The number of benzene rings is 2. The zero-order valence-corrected chi connectivity index (χ0v) is 15.2. The molecule has 1 aliphatic rings. The quantitative estimate of drug-likeness (QED) is 0.681. The zero-order valence-electron chi connectivity index (χ0n) is 15.2. The van der Waals surface area contributed by atoms with Crippen LogP contribution in [0.4, 0.5) is 0 Å². The Hall–Kier alpha value is -3.03. The van der Waals surface area contributed by atoms with Gasteiger partial charge in [0.05, 0.1) is 17.9 Å². The van der Waals surface area contributed by atoms with Crippen molar-refractivity contribution in [1.29, 1.82) is 5.26 Å². The van der Waals surface area contributed by atoms with Crippen molar-refractivity contribution in [1.82, 2.24) is 5.32 Å². The number of nitrogens with zero attached hydrogens (tertiary/aromatic N) is 1. The minimum atomic E-state index is 0.353. The summed E-state index contributed by atoms with van der Waals surface area (Å²) < 4.78 is 11.5. The first-order valence-electron chi connectivity index (χ1n) is 9.32. The second kappa shape index (κ2) is 8.11. The van der Waals surface area contributed by atoms with Crippen molar-refractivity contribution in [3.05, 3.63) is 88.9 Å². The number of nitriles is 1. The molecule has 136 valence electrons. The minimum absolute atomic E-state index is 0.353. The summed E-state index contributed by atoms with van der Waals surface area (Å²) >= 11 is 0. The van der Waals surface area contributed by atoms with Crippen LogP contribution in [0.25, 0.3) is 0 Å². The van der Waals surface area contributed by atoms with E-state index in [1.54, 1.807) is 12.3 Å². The molecule has 1 heterocycles. The first-order chi connectivity index (χ1) is 13.3. The Kier molecular flexibility index (Phi) is 5.22. The summed E-state index contributed by atoms with van der Waals surface area (Å²) in [6.07, 6.45) is 5.12. The summed E-state index contributed by atoms with van der Waals surface area (Å²) in [5, 5.41) is 12.6. The summed E-state index contributed by atoms with van der Waals surface area (Å²) in [5.74, 6) is 1.96. The molecule has 2 aromatic carbocycles. The summed E-state index contributed by atoms with van der Waals surface area (Å²) in [4.78, 5) is 0. The van der Waals surface area contributed by atoms with Crippen LogP contribution in [0.2, 0.25) is 0 Å². The van der Waals surface area contributed by atoms with Gasteiger partial charge in [0, 0.05) is 24.6 Å². The zero-order chi connectivity index (χ0) is 18.5. The van der Waals surface area contributed by atoms with Crippen molar-refractivity contribution in [3.63, 3.8) is 0 Å². The molecule has 0 saturated heterocycles. The molecule has 0 bridgehead atoms.